The number of halogens is 1. The van der Waals surface area contributed by atoms with E-state index in [1.54, 1.807) is 12.1 Å². The van der Waals surface area contributed by atoms with Crippen LogP contribution in [0.4, 0.5) is 0 Å². The van der Waals surface area contributed by atoms with Crippen LogP contribution in [0.2, 0.25) is 0 Å². The van der Waals surface area contributed by atoms with Crippen molar-refractivity contribution in [3.8, 4) is 5.75 Å². The molecule has 0 aromatic heterocycles. The van der Waals surface area contributed by atoms with Gasteiger partial charge in [0.05, 0.1) is 0 Å². The fourth-order valence-electron chi connectivity index (χ4n) is 0.746. The fourth-order valence-corrected chi connectivity index (χ4v) is 0.746. The van der Waals surface area contributed by atoms with Crippen molar-refractivity contribution in [1.82, 2.24) is 0 Å². The topological polar surface area (TPSA) is 89.6 Å². The van der Waals surface area contributed by atoms with Gasteiger partial charge < -0.3 is 9.94 Å². The van der Waals surface area contributed by atoms with E-state index in [1.165, 1.54) is 12.1 Å². The molecule has 0 heterocycles. The van der Waals surface area contributed by atoms with E-state index in [1.807, 2.05) is 0 Å². The Bertz CT molecular complexity index is 392. The van der Waals surface area contributed by atoms with E-state index in [9.17, 15) is 9.59 Å². The Morgan fingerprint density at radius 1 is 1.44 bits per heavy atom. The van der Waals surface area contributed by atoms with Gasteiger partial charge in [-0.25, -0.2) is 4.79 Å². The molecule has 0 aliphatic carbocycles. The molecule has 0 spiro atoms. The number of allylic oxidation sites excluding steroid dienone is 1. The summed E-state index contributed by atoms with van der Waals surface area (Å²) >= 11 is 4.71. The van der Waals surface area contributed by atoms with Crippen LogP contribution in [0.25, 0.3) is 0 Å². The number of aromatic carboxylic acids is 1. The summed E-state index contributed by atoms with van der Waals surface area (Å²) in [6.45, 7) is 3.08. The first-order valence-corrected chi connectivity index (χ1v) is 4.41. The maximum Gasteiger partial charge on any atom is 0.339 e. The number of carbonyl (C=O) groups is 2. The quantitative estimate of drug-likeness (QED) is 0.478. The average molecular weight is 244 g/mol. The van der Waals surface area contributed by atoms with E-state index in [4.69, 9.17) is 22.6 Å². The smallest absolute Gasteiger partial charge is 0.339 e. The minimum atomic E-state index is -1.05. The lowest BCUT2D eigenvalue weighted by Crippen LogP contribution is -2.07. The normalized spacial score (nSPS) is 8.38. The van der Waals surface area contributed by atoms with Crippen LogP contribution in [0.5, 0.6) is 5.75 Å². The van der Waals surface area contributed by atoms with Crippen LogP contribution < -0.4 is 10.7 Å². The van der Waals surface area contributed by atoms with E-state index in [2.05, 4.69) is 11.4 Å². The van der Waals surface area contributed by atoms with Crippen molar-refractivity contribution >= 4 is 22.8 Å². The molecule has 0 fully saturated rings. The molecule has 0 amide bonds. The Morgan fingerprint density at radius 3 is 2.25 bits per heavy atom. The average Bonchev–Trinajstić information content (AvgIpc) is 2.29. The van der Waals surface area contributed by atoms with Gasteiger partial charge in [0.15, 0.2) is 5.75 Å². The summed E-state index contributed by atoms with van der Waals surface area (Å²) in [5.74, 6) is 3.94. The number of carbonyl (C=O) groups excluding carboxylic acids is 1. The number of rotatable bonds is 3. The number of hydrogen-bond acceptors (Lipinski definition) is 4. The van der Waals surface area contributed by atoms with Crippen LogP contribution in [0.1, 0.15) is 10.4 Å². The second-order valence-electron chi connectivity index (χ2n) is 2.43. The van der Waals surface area contributed by atoms with Gasteiger partial charge in [-0.3, -0.25) is 4.79 Å². The van der Waals surface area contributed by atoms with Crippen LogP contribution in [-0.2, 0) is 4.79 Å². The third kappa shape index (κ3) is 5.14. The predicted molar refractivity (Wildman–Crippen MR) is 59.3 cm³/mol. The summed E-state index contributed by atoms with van der Waals surface area (Å²) in [6.07, 6.45) is 1.04. The highest BCUT2D eigenvalue weighted by molar-refractivity contribution is 6.66. The minimum Gasteiger partial charge on any atom is -0.478 e. The number of nitrogens with two attached hydrogens (primary N) is 1. The molecule has 1 aromatic rings. The number of carboxylic acid groups (broad SMARTS) is 1. The molecule has 0 saturated heterocycles. The summed E-state index contributed by atoms with van der Waals surface area (Å²) in [6, 6.07) is 6.16. The molecule has 3 N–H and O–H groups in total. The van der Waals surface area contributed by atoms with Crippen LogP contribution in [0.15, 0.2) is 36.9 Å². The summed E-state index contributed by atoms with van der Waals surface area (Å²) in [7, 11) is 0. The molecule has 86 valence electrons. The number of carboxylic acids is 1. The van der Waals surface area contributed by atoms with E-state index in [0.29, 0.717) is 0 Å². The lowest BCUT2D eigenvalue weighted by Gasteiger charge is -2.00. The maximum atomic E-state index is 10.4. The van der Waals surface area contributed by atoms with E-state index >= 15 is 0 Å². The Balaban J connectivity index is 0.000000385. The third-order valence-corrected chi connectivity index (χ3v) is 1.56. The largest absolute Gasteiger partial charge is 0.478 e. The molecule has 16 heavy (non-hydrogen) atoms. The summed E-state index contributed by atoms with van der Waals surface area (Å²) < 4.78 is 0. The number of benzene rings is 1. The Morgan fingerprint density at radius 2 is 1.94 bits per heavy atom. The number of hydrogen-bond donors (Lipinski definition) is 2. The van der Waals surface area contributed by atoms with Gasteiger partial charge in [-0.2, -0.15) is 5.90 Å². The van der Waals surface area contributed by atoms with E-state index in [0.717, 1.165) is 6.08 Å². The molecule has 0 radical (unpaired) electrons. The monoisotopic (exact) mass is 243 g/mol. The van der Waals surface area contributed by atoms with Gasteiger partial charge in [0.2, 0.25) is 5.24 Å². The zero-order chi connectivity index (χ0) is 12.6. The molecule has 6 heteroatoms. The zero-order valence-electron chi connectivity index (χ0n) is 8.22. The molecule has 5 nitrogen and oxygen atoms in total. The van der Waals surface area contributed by atoms with Gasteiger partial charge in [0.25, 0.3) is 0 Å². The molecule has 1 aromatic carbocycles. The van der Waals surface area contributed by atoms with E-state index in [-0.39, 0.29) is 11.3 Å². The number of para-hydroxylation sites is 1. The van der Waals surface area contributed by atoms with Crippen molar-refractivity contribution in [3.05, 3.63) is 42.5 Å². The minimum absolute atomic E-state index is 0.0648. The molecule has 0 aliphatic heterocycles. The first kappa shape index (κ1) is 14.2. The molecule has 0 bridgehead atoms. The van der Waals surface area contributed by atoms with Crippen molar-refractivity contribution in [3.63, 3.8) is 0 Å². The first-order chi connectivity index (χ1) is 7.52. The predicted octanol–water partition coefficient (Wildman–Crippen LogP) is 1.58. The molecular formula is C10H10ClNO4. The van der Waals surface area contributed by atoms with Gasteiger partial charge in [0.1, 0.15) is 5.56 Å². The summed E-state index contributed by atoms with van der Waals surface area (Å²) in [5.41, 5.74) is 0.0648. The van der Waals surface area contributed by atoms with Crippen LogP contribution >= 0.6 is 11.6 Å². The second kappa shape index (κ2) is 7.44. The first-order valence-electron chi connectivity index (χ1n) is 4.03. The van der Waals surface area contributed by atoms with Crippen LogP contribution in [0, 0.1) is 0 Å². The summed E-state index contributed by atoms with van der Waals surface area (Å²) in [5, 5.41) is 8.05. The Hall–Kier alpha value is -1.85. The molecule has 0 atom stereocenters. The van der Waals surface area contributed by atoms with Crippen molar-refractivity contribution in [2.45, 2.75) is 0 Å². The molecule has 1 rings (SSSR count). The zero-order valence-corrected chi connectivity index (χ0v) is 8.98. The lowest BCUT2D eigenvalue weighted by atomic mass is 10.2. The molecular weight excluding hydrogens is 234 g/mol. The molecule has 0 saturated carbocycles. The van der Waals surface area contributed by atoms with Crippen LogP contribution in [0.3, 0.4) is 0 Å². The van der Waals surface area contributed by atoms with Gasteiger partial charge in [-0.15, -0.1) is 0 Å². The fraction of sp³-hybridized carbons (Fsp3) is 0. The van der Waals surface area contributed by atoms with Gasteiger partial charge in [-0.1, -0.05) is 18.7 Å². The molecule has 0 aliphatic rings. The second-order valence-corrected chi connectivity index (χ2v) is 2.80. The third-order valence-electron chi connectivity index (χ3n) is 1.40. The highest BCUT2D eigenvalue weighted by atomic mass is 35.5. The van der Waals surface area contributed by atoms with Crippen LogP contribution in [-0.4, -0.2) is 16.3 Å². The van der Waals surface area contributed by atoms with Crippen molar-refractivity contribution in [2.75, 3.05) is 0 Å². The van der Waals surface area contributed by atoms with Gasteiger partial charge in [0, 0.05) is 0 Å². The highest BCUT2D eigenvalue weighted by Crippen LogP contribution is 2.15. The van der Waals surface area contributed by atoms with Gasteiger partial charge in [-0.05, 0) is 29.8 Å². The lowest BCUT2D eigenvalue weighted by molar-refractivity contribution is -0.107. The van der Waals surface area contributed by atoms with Crippen molar-refractivity contribution in [1.29, 1.82) is 0 Å². The Kier molecular flexibility index (Phi) is 6.58. The van der Waals surface area contributed by atoms with E-state index < -0.39 is 11.2 Å². The SMILES string of the molecule is C=CC(=O)Cl.NOc1ccccc1C(=O)O. The maximum absolute atomic E-state index is 10.4. The van der Waals surface area contributed by atoms with Gasteiger partial charge >= 0.3 is 5.97 Å². The Labute approximate surface area is 97.0 Å². The highest BCUT2D eigenvalue weighted by Gasteiger charge is 2.08. The summed E-state index contributed by atoms with van der Waals surface area (Å²) in [4.78, 5) is 24.2. The standard InChI is InChI=1S/C7H7NO3.C3H3ClO/c8-11-6-4-2-1-3-5(6)7(9)10;1-2-3(4)5/h1-4H,8H2,(H,9,10);2H,1H2. The van der Waals surface area contributed by atoms with Crippen molar-refractivity contribution < 1.29 is 19.5 Å². The molecule has 0 unspecified atom stereocenters. The van der Waals surface area contributed by atoms with Crippen molar-refractivity contribution in [2.24, 2.45) is 5.90 Å².